The summed E-state index contributed by atoms with van der Waals surface area (Å²) in [5.74, 6) is 0.00672. The number of nitrogens with zero attached hydrogens (tertiary/aromatic N) is 3. The van der Waals surface area contributed by atoms with E-state index in [0.29, 0.717) is 21.6 Å². The molecule has 0 aliphatic carbocycles. The molecule has 33 heavy (non-hydrogen) atoms. The van der Waals surface area contributed by atoms with Crippen LogP contribution in [0.2, 0.25) is 5.02 Å². The Bertz CT molecular complexity index is 1130. The molecule has 0 saturated carbocycles. The minimum Gasteiger partial charge on any atom is -0.493 e. The number of amidine groups is 1. The molecule has 0 unspecified atom stereocenters. The van der Waals surface area contributed by atoms with Gasteiger partial charge in [0.05, 0.1) is 12.0 Å². The fraction of sp³-hybridized carbons (Fsp3) is 0.261. The van der Waals surface area contributed by atoms with Gasteiger partial charge in [-0.15, -0.1) is 0 Å². The molecule has 8 nitrogen and oxygen atoms in total. The second kappa shape index (κ2) is 10.2. The molecule has 2 aliphatic rings. The van der Waals surface area contributed by atoms with Gasteiger partial charge in [0.2, 0.25) is 0 Å². The van der Waals surface area contributed by atoms with Gasteiger partial charge >= 0.3 is 0 Å². The number of nitrogens with two attached hydrogens (primary N) is 1. The van der Waals surface area contributed by atoms with Gasteiger partial charge in [-0.3, -0.25) is 9.59 Å². The lowest BCUT2D eigenvalue weighted by molar-refractivity contribution is -0.120. The second-order valence-electron chi connectivity index (χ2n) is 7.43. The highest BCUT2D eigenvalue weighted by molar-refractivity contribution is 8.18. The summed E-state index contributed by atoms with van der Waals surface area (Å²) in [7, 11) is 1.50. The summed E-state index contributed by atoms with van der Waals surface area (Å²) in [5.41, 5.74) is 6.98. The van der Waals surface area contributed by atoms with Crippen LogP contribution >= 0.6 is 23.4 Å². The molecule has 1 fully saturated rings. The van der Waals surface area contributed by atoms with Crippen LogP contribution in [0, 0.1) is 0 Å². The van der Waals surface area contributed by atoms with E-state index in [1.807, 2.05) is 24.3 Å². The fourth-order valence-electron chi connectivity index (χ4n) is 3.56. The van der Waals surface area contributed by atoms with Gasteiger partial charge in [-0.25, -0.2) is 0 Å². The number of hydrogen-bond acceptors (Lipinski definition) is 7. The topological polar surface area (TPSA) is 97.5 Å². The predicted octanol–water partition coefficient (Wildman–Crippen LogP) is 3.01. The molecule has 2 N–H and O–H groups in total. The van der Waals surface area contributed by atoms with Gasteiger partial charge < -0.3 is 25.0 Å². The number of carbonyl (C=O) groups is 2. The number of methoxy groups -OCH3 is 1. The van der Waals surface area contributed by atoms with Gasteiger partial charge in [0.15, 0.2) is 23.3 Å². The SMILES string of the molecule is COc1cc(/C=C2\SC(N3CCN(c4cccc(Cl)c4)CC3)=NC2=O)ccc1OCC(N)=O. The minimum atomic E-state index is -0.575. The van der Waals surface area contributed by atoms with Crippen molar-refractivity contribution in [1.82, 2.24) is 4.90 Å². The van der Waals surface area contributed by atoms with Crippen LogP contribution in [0.3, 0.4) is 0 Å². The first-order valence-corrected chi connectivity index (χ1v) is 11.5. The average Bonchev–Trinajstić information content (AvgIpc) is 3.18. The van der Waals surface area contributed by atoms with E-state index < -0.39 is 5.91 Å². The molecular weight excluding hydrogens is 464 g/mol. The molecule has 2 amide bonds. The van der Waals surface area contributed by atoms with Crippen molar-refractivity contribution in [2.75, 3.05) is 44.8 Å². The number of primary amides is 1. The Labute approximate surface area is 201 Å². The third-order valence-corrected chi connectivity index (χ3v) is 6.47. The summed E-state index contributed by atoms with van der Waals surface area (Å²) >= 11 is 7.48. The minimum absolute atomic E-state index is 0.243. The van der Waals surface area contributed by atoms with Crippen LogP contribution in [0.25, 0.3) is 6.08 Å². The lowest BCUT2D eigenvalue weighted by Gasteiger charge is -2.36. The number of rotatable bonds is 6. The van der Waals surface area contributed by atoms with Crippen molar-refractivity contribution in [2.45, 2.75) is 0 Å². The maximum Gasteiger partial charge on any atom is 0.286 e. The zero-order valence-corrected chi connectivity index (χ0v) is 19.6. The van der Waals surface area contributed by atoms with Gasteiger partial charge in [-0.2, -0.15) is 4.99 Å². The molecule has 0 spiro atoms. The van der Waals surface area contributed by atoms with Gasteiger partial charge in [0.25, 0.3) is 11.8 Å². The molecule has 2 heterocycles. The zero-order valence-electron chi connectivity index (χ0n) is 18.0. The number of ether oxygens (including phenoxy) is 2. The number of anilines is 1. The number of benzene rings is 2. The third kappa shape index (κ3) is 5.61. The Morgan fingerprint density at radius 1 is 1.15 bits per heavy atom. The summed E-state index contributed by atoms with van der Waals surface area (Å²) in [4.78, 5) is 32.7. The molecule has 2 aromatic carbocycles. The van der Waals surface area contributed by atoms with Crippen LogP contribution in [-0.4, -0.2) is 61.8 Å². The monoisotopic (exact) mass is 486 g/mol. The Balaban J connectivity index is 1.40. The Hall–Kier alpha value is -3.17. The van der Waals surface area contributed by atoms with Crippen molar-refractivity contribution in [1.29, 1.82) is 0 Å². The zero-order chi connectivity index (χ0) is 23.4. The standard InChI is InChI=1S/C23H23ClN4O4S/c1-31-19-11-15(5-6-18(19)32-14-21(25)29)12-20-22(30)26-23(33-20)28-9-7-27(8-10-28)17-4-2-3-16(24)13-17/h2-6,11-13H,7-10,14H2,1H3,(H2,25,29)/b20-12-. The second-order valence-corrected chi connectivity index (χ2v) is 8.87. The van der Waals surface area contributed by atoms with Crippen LogP contribution < -0.4 is 20.1 Å². The number of halogens is 1. The maximum atomic E-state index is 12.5. The summed E-state index contributed by atoms with van der Waals surface area (Å²) < 4.78 is 10.7. The predicted molar refractivity (Wildman–Crippen MR) is 131 cm³/mol. The first-order chi connectivity index (χ1) is 15.9. The highest BCUT2D eigenvalue weighted by Gasteiger charge is 2.28. The van der Waals surface area contributed by atoms with Crippen molar-refractivity contribution >= 4 is 52.1 Å². The van der Waals surface area contributed by atoms with E-state index in [4.69, 9.17) is 26.8 Å². The number of aliphatic imine (C=N–C) groups is 1. The summed E-state index contributed by atoms with van der Waals surface area (Å²) in [6.07, 6.45) is 1.77. The summed E-state index contributed by atoms with van der Waals surface area (Å²) in [5, 5.41) is 1.43. The van der Waals surface area contributed by atoms with Crippen LogP contribution in [-0.2, 0) is 9.59 Å². The molecule has 2 aliphatic heterocycles. The number of carbonyl (C=O) groups excluding carboxylic acids is 2. The van der Waals surface area contributed by atoms with Crippen LogP contribution in [0.1, 0.15) is 5.56 Å². The van der Waals surface area contributed by atoms with E-state index in [1.165, 1.54) is 18.9 Å². The Morgan fingerprint density at radius 3 is 2.61 bits per heavy atom. The van der Waals surface area contributed by atoms with Crippen LogP contribution in [0.4, 0.5) is 5.69 Å². The van der Waals surface area contributed by atoms with Gasteiger partial charge in [-0.05, 0) is 53.7 Å². The van der Waals surface area contributed by atoms with E-state index >= 15 is 0 Å². The maximum absolute atomic E-state index is 12.5. The van der Waals surface area contributed by atoms with Crippen LogP contribution in [0.15, 0.2) is 52.4 Å². The van der Waals surface area contributed by atoms with E-state index in [2.05, 4.69) is 14.8 Å². The number of hydrogen-bond donors (Lipinski definition) is 1. The smallest absolute Gasteiger partial charge is 0.286 e. The lowest BCUT2D eigenvalue weighted by Crippen LogP contribution is -2.47. The molecule has 0 aromatic heterocycles. The first kappa shape index (κ1) is 23.0. The van der Waals surface area contributed by atoms with Crippen LogP contribution in [0.5, 0.6) is 11.5 Å². The molecule has 0 atom stereocenters. The number of thioether (sulfide) groups is 1. The molecule has 172 valence electrons. The first-order valence-electron chi connectivity index (χ1n) is 10.3. The fourth-order valence-corrected chi connectivity index (χ4v) is 4.70. The van der Waals surface area contributed by atoms with Gasteiger partial charge in [-0.1, -0.05) is 23.7 Å². The molecule has 1 saturated heterocycles. The van der Waals surface area contributed by atoms with Gasteiger partial charge in [0, 0.05) is 36.9 Å². The molecular formula is C23H23ClN4O4S. The molecule has 0 radical (unpaired) electrons. The van der Waals surface area contributed by atoms with Crippen molar-refractivity contribution in [3.05, 3.63) is 58.0 Å². The number of piperazine rings is 1. The van der Waals surface area contributed by atoms with Crippen molar-refractivity contribution in [2.24, 2.45) is 10.7 Å². The van der Waals surface area contributed by atoms with Crippen molar-refractivity contribution < 1.29 is 19.1 Å². The Kier molecular flexibility index (Phi) is 7.10. The lowest BCUT2D eigenvalue weighted by atomic mass is 10.2. The van der Waals surface area contributed by atoms with E-state index in [9.17, 15) is 9.59 Å². The number of amides is 2. The van der Waals surface area contributed by atoms with Gasteiger partial charge in [0.1, 0.15) is 0 Å². The highest BCUT2D eigenvalue weighted by Crippen LogP contribution is 2.34. The summed E-state index contributed by atoms with van der Waals surface area (Å²) in [6.45, 7) is 2.92. The quantitative estimate of drug-likeness (QED) is 0.627. The normalized spacial score (nSPS) is 17.3. The van der Waals surface area contributed by atoms with Crippen molar-refractivity contribution in [3.63, 3.8) is 0 Å². The largest absolute Gasteiger partial charge is 0.493 e. The van der Waals surface area contributed by atoms with E-state index in [-0.39, 0.29) is 12.5 Å². The molecule has 0 bridgehead atoms. The highest BCUT2D eigenvalue weighted by atomic mass is 35.5. The molecule has 4 rings (SSSR count). The average molecular weight is 487 g/mol. The molecule has 10 heteroatoms. The van der Waals surface area contributed by atoms with Crippen molar-refractivity contribution in [3.8, 4) is 11.5 Å². The third-order valence-electron chi connectivity index (χ3n) is 5.19. The summed E-state index contributed by atoms with van der Waals surface area (Å²) in [6, 6.07) is 13.0. The van der Waals surface area contributed by atoms with E-state index in [1.54, 1.807) is 24.3 Å². The molecule has 2 aromatic rings. The van der Waals surface area contributed by atoms with E-state index in [0.717, 1.165) is 42.5 Å². The Morgan fingerprint density at radius 2 is 1.91 bits per heavy atom.